The summed E-state index contributed by atoms with van der Waals surface area (Å²) < 4.78 is 17.3. The highest BCUT2D eigenvalue weighted by molar-refractivity contribution is 5.70. The standard InChI is InChI=1S/C8H11F.C7H12O2/c1-3-5-7-8(9)6-4-2;1-2-6-4-3-5-7(8)9-6/h3-4,6-7H,1,5H2,2H3;6H,2-5H2,1H3/b6-4-,8-7+;. The van der Waals surface area contributed by atoms with Gasteiger partial charge in [0.25, 0.3) is 0 Å². The van der Waals surface area contributed by atoms with E-state index in [9.17, 15) is 9.18 Å². The Morgan fingerprint density at radius 1 is 1.61 bits per heavy atom. The van der Waals surface area contributed by atoms with Gasteiger partial charge in [0.05, 0.1) is 0 Å². The lowest BCUT2D eigenvalue weighted by Gasteiger charge is -2.20. The molecule has 1 aliphatic rings. The van der Waals surface area contributed by atoms with Crippen molar-refractivity contribution in [1.82, 2.24) is 0 Å². The molecular weight excluding hydrogens is 231 g/mol. The van der Waals surface area contributed by atoms with Gasteiger partial charge in [-0.05, 0) is 44.8 Å². The maximum absolute atomic E-state index is 12.3. The number of hydrogen-bond donors (Lipinski definition) is 0. The summed E-state index contributed by atoms with van der Waals surface area (Å²) in [6.07, 6.45) is 10.7. The summed E-state index contributed by atoms with van der Waals surface area (Å²) in [5, 5.41) is 0. The van der Waals surface area contributed by atoms with Crippen LogP contribution in [0.3, 0.4) is 0 Å². The highest BCUT2D eigenvalue weighted by Gasteiger charge is 2.17. The van der Waals surface area contributed by atoms with Crippen LogP contribution in [-0.4, -0.2) is 12.1 Å². The Balaban J connectivity index is 0.000000321. The molecule has 1 saturated heterocycles. The number of halogens is 1. The van der Waals surface area contributed by atoms with Gasteiger partial charge in [-0.25, -0.2) is 4.39 Å². The first-order valence-electron chi connectivity index (χ1n) is 6.42. The summed E-state index contributed by atoms with van der Waals surface area (Å²) in [5.41, 5.74) is 0. The number of esters is 1. The van der Waals surface area contributed by atoms with E-state index in [1.165, 1.54) is 12.2 Å². The van der Waals surface area contributed by atoms with Gasteiger partial charge in [-0.3, -0.25) is 4.79 Å². The quantitative estimate of drug-likeness (QED) is 0.420. The fourth-order valence-electron chi connectivity index (χ4n) is 1.49. The molecule has 0 spiro atoms. The van der Waals surface area contributed by atoms with Crippen LogP contribution in [0.1, 0.15) is 46.0 Å². The van der Waals surface area contributed by atoms with E-state index < -0.39 is 0 Å². The molecule has 0 saturated carbocycles. The molecule has 0 aromatic rings. The number of cyclic esters (lactones) is 1. The highest BCUT2D eigenvalue weighted by atomic mass is 19.1. The minimum atomic E-state index is -0.197. The molecule has 0 N–H and O–H groups in total. The number of ether oxygens (including phenoxy) is 1. The summed E-state index contributed by atoms with van der Waals surface area (Å²) in [6, 6.07) is 0. The molecule has 3 heteroatoms. The first-order chi connectivity index (χ1) is 8.63. The van der Waals surface area contributed by atoms with Crippen molar-refractivity contribution >= 4 is 5.97 Å². The molecule has 0 aromatic heterocycles. The van der Waals surface area contributed by atoms with Crippen LogP contribution < -0.4 is 0 Å². The zero-order chi connectivity index (χ0) is 13.8. The number of carbonyl (C=O) groups excluding carboxylic acids is 1. The molecule has 1 heterocycles. The Hall–Kier alpha value is -1.38. The number of hydrogen-bond acceptors (Lipinski definition) is 2. The van der Waals surface area contributed by atoms with Crippen LogP contribution in [-0.2, 0) is 9.53 Å². The topological polar surface area (TPSA) is 26.3 Å². The Morgan fingerprint density at radius 2 is 2.33 bits per heavy atom. The average Bonchev–Trinajstić information content (AvgIpc) is 2.37. The zero-order valence-electron chi connectivity index (χ0n) is 11.3. The minimum absolute atomic E-state index is 0.0203. The van der Waals surface area contributed by atoms with Crippen LogP contribution in [0.5, 0.6) is 0 Å². The van der Waals surface area contributed by atoms with Crippen molar-refractivity contribution in [2.75, 3.05) is 0 Å². The van der Waals surface area contributed by atoms with Crippen molar-refractivity contribution in [3.63, 3.8) is 0 Å². The second-order valence-corrected chi connectivity index (χ2v) is 4.03. The SMILES string of the molecule is C=CC/C=C(F)\C=C/C.CCC1CCCC(=O)O1. The first-order valence-corrected chi connectivity index (χ1v) is 6.42. The smallest absolute Gasteiger partial charge is 0.306 e. The van der Waals surface area contributed by atoms with Gasteiger partial charge in [-0.2, -0.15) is 0 Å². The van der Waals surface area contributed by atoms with Crippen molar-refractivity contribution in [2.24, 2.45) is 0 Å². The largest absolute Gasteiger partial charge is 0.462 e. The molecule has 2 nitrogen and oxygen atoms in total. The highest BCUT2D eigenvalue weighted by Crippen LogP contribution is 2.15. The van der Waals surface area contributed by atoms with Gasteiger partial charge in [0.1, 0.15) is 11.9 Å². The summed E-state index contributed by atoms with van der Waals surface area (Å²) in [6.45, 7) is 7.28. The van der Waals surface area contributed by atoms with Crippen LogP contribution in [0.15, 0.2) is 36.7 Å². The molecule has 0 radical (unpaired) electrons. The lowest BCUT2D eigenvalue weighted by atomic mass is 10.1. The second-order valence-electron chi connectivity index (χ2n) is 4.03. The Labute approximate surface area is 109 Å². The maximum Gasteiger partial charge on any atom is 0.306 e. The molecule has 1 aliphatic heterocycles. The van der Waals surface area contributed by atoms with Gasteiger partial charge in [-0.1, -0.05) is 19.1 Å². The zero-order valence-corrected chi connectivity index (χ0v) is 11.3. The Morgan fingerprint density at radius 3 is 2.78 bits per heavy atom. The maximum atomic E-state index is 12.3. The van der Waals surface area contributed by atoms with E-state index in [0.29, 0.717) is 12.8 Å². The fraction of sp³-hybridized carbons (Fsp3) is 0.533. The number of allylic oxidation sites excluding steroid dienone is 5. The molecule has 0 aliphatic carbocycles. The number of carbonyl (C=O) groups is 1. The summed E-state index contributed by atoms with van der Waals surface area (Å²) >= 11 is 0. The molecule has 18 heavy (non-hydrogen) atoms. The van der Waals surface area contributed by atoms with E-state index in [1.54, 1.807) is 19.1 Å². The number of rotatable bonds is 4. The van der Waals surface area contributed by atoms with Crippen molar-refractivity contribution in [3.05, 3.63) is 36.7 Å². The molecular formula is C15H23FO2. The van der Waals surface area contributed by atoms with Crippen LogP contribution >= 0.6 is 0 Å². The molecule has 1 unspecified atom stereocenters. The van der Waals surface area contributed by atoms with Crippen LogP contribution in [0.25, 0.3) is 0 Å². The molecule has 1 fully saturated rings. The van der Waals surface area contributed by atoms with Crippen LogP contribution in [0.2, 0.25) is 0 Å². The van der Waals surface area contributed by atoms with Gasteiger partial charge in [-0.15, -0.1) is 6.58 Å². The van der Waals surface area contributed by atoms with Crippen LogP contribution in [0.4, 0.5) is 4.39 Å². The Bertz CT molecular complexity index is 306. The third-order valence-corrected chi connectivity index (χ3v) is 2.47. The van der Waals surface area contributed by atoms with Crippen molar-refractivity contribution in [1.29, 1.82) is 0 Å². The average molecular weight is 254 g/mol. The third kappa shape index (κ3) is 8.74. The van der Waals surface area contributed by atoms with Crippen molar-refractivity contribution < 1.29 is 13.9 Å². The molecule has 0 amide bonds. The van der Waals surface area contributed by atoms with E-state index in [4.69, 9.17) is 4.74 Å². The van der Waals surface area contributed by atoms with E-state index in [-0.39, 0.29) is 17.9 Å². The van der Waals surface area contributed by atoms with Gasteiger partial charge in [0, 0.05) is 6.42 Å². The predicted octanol–water partition coefficient (Wildman–Crippen LogP) is 4.48. The monoisotopic (exact) mass is 254 g/mol. The summed E-state index contributed by atoms with van der Waals surface area (Å²) in [7, 11) is 0. The summed E-state index contributed by atoms with van der Waals surface area (Å²) in [5.74, 6) is -0.217. The van der Waals surface area contributed by atoms with E-state index in [0.717, 1.165) is 19.3 Å². The molecule has 1 atom stereocenters. The summed E-state index contributed by atoms with van der Waals surface area (Å²) in [4.78, 5) is 10.6. The first kappa shape index (κ1) is 16.6. The molecule has 1 rings (SSSR count). The van der Waals surface area contributed by atoms with E-state index in [2.05, 4.69) is 6.58 Å². The van der Waals surface area contributed by atoms with Crippen molar-refractivity contribution in [3.8, 4) is 0 Å². The minimum Gasteiger partial charge on any atom is -0.462 e. The van der Waals surface area contributed by atoms with Crippen molar-refractivity contribution in [2.45, 2.75) is 52.1 Å². The predicted molar refractivity (Wildman–Crippen MR) is 72.8 cm³/mol. The third-order valence-electron chi connectivity index (χ3n) is 2.47. The van der Waals surface area contributed by atoms with Gasteiger partial charge < -0.3 is 4.74 Å². The lowest BCUT2D eigenvalue weighted by Crippen LogP contribution is -2.22. The lowest BCUT2D eigenvalue weighted by molar-refractivity contribution is -0.153. The molecule has 0 bridgehead atoms. The molecule has 102 valence electrons. The fourth-order valence-corrected chi connectivity index (χ4v) is 1.49. The van der Waals surface area contributed by atoms with Gasteiger partial charge >= 0.3 is 5.97 Å². The second kappa shape index (κ2) is 10.8. The van der Waals surface area contributed by atoms with Crippen LogP contribution in [0, 0.1) is 0 Å². The normalized spacial score (nSPS) is 20.1. The van der Waals surface area contributed by atoms with Gasteiger partial charge in [0.15, 0.2) is 0 Å². The van der Waals surface area contributed by atoms with E-state index in [1.807, 2.05) is 6.92 Å². The Kier molecular flexibility index (Phi) is 9.93. The van der Waals surface area contributed by atoms with Gasteiger partial charge in [0.2, 0.25) is 0 Å². The molecule has 0 aromatic carbocycles. The van der Waals surface area contributed by atoms with E-state index >= 15 is 0 Å².